The Labute approximate surface area is 169 Å². The Morgan fingerprint density at radius 2 is 1.79 bits per heavy atom. The monoisotopic (exact) mass is 386 g/mol. The number of carboxylic acids is 1. The number of aryl methyl sites for hydroxylation is 1. The van der Waals surface area contributed by atoms with E-state index in [1.807, 2.05) is 50.3 Å². The van der Waals surface area contributed by atoms with Crippen molar-refractivity contribution in [2.24, 2.45) is 0 Å². The highest BCUT2D eigenvalue weighted by Gasteiger charge is 2.30. The van der Waals surface area contributed by atoms with Crippen LogP contribution in [-0.4, -0.2) is 23.0 Å². The van der Waals surface area contributed by atoms with E-state index >= 15 is 0 Å². The molecule has 0 radical (unpaired) electrons. The molecule has 0 saturated heterocycles. The molecule has 146 valence electrons. The molecule has 4 rings (SSSR count). The van der Waals surface area contributed by atoms with Crippen LogP contribution in [0.25, 0.3) is 5.57 Å². The first-order valence-electron chi connectivity index (χ1n) is 9.68. The molecule has 1 aliphatic carbocycles. The first-order valence-corrected chi connectivity index (χ1v) is 9.68. The first-order chi connectivity index (χ1) is 13.9. The largest absolute Gasteiger partial charge is 0.481 e. The highest BCUT2D eigenvalue weighted by molar-refractivity contribution is 6.03. The average Bonchev–Trinajstić information content (AvgIpc) is 2.70. The minimum absolute atomic E-state index is 0.0753. The Bertz CT molecular complexity index is 1130. The van der Waals surface area contributed by atoms with Crippen LogP contribution in [0.4, 0.5) is 0 Å². The molecule has 1 aliphatic heterocycles. The Kier molecular flexibility index (Phi) is 4.71. The van der Waals surface area contributed by atoms with Gasteiger partial charge in [0, 0.05) is 28.7 Å². The number of ether oxygens (including phenoxy) is 1. The van der Waals surface area contributed by atoms with E-state index in [-0.39, 0.29) is 17.5 Å². The van der Waals surface area contributed by atoms with Crippen LogP contribution in [0.1, 0.15) is 57.7 Å². The van der Waals surface area contributed by atoms with Crippen molar-refractivity contribution in [1.82, 2.24) is 0 Å². The second-order valence-electron chi connectivity index (χ2n) is 7.45. The predicted molar refractivity (Wildman–Crippen MR) is 113 cm³/mol. The molecule has 0 amide bonds. The summed E-state index contributed by atoms with van der Waals surface area (Å²) in [6, 6.07) is 10.9. The van der Waals surface area contributed by atoms with E-state index in [1.165, 1.54) is 6.07 Å². The molecular weight excluding hydrogens is 364 g/mol. The fourth-order valence-corrected chi connectivity index (χ4v) is 3.87. The molecule has 1 N–H and O–H groups in total. The fourth-order valence-electron chi connectivity index (χ4n) is 3.87. The molecule has 0 aromatic heterocycles. The zero-order valence-electron chi connectivity index (χ0n) is 16.7. The molecule has 1 atom stereocenters. The second-order valence-corrected chi connectivity index (χ2v) is 7.45. The molecule has 2 aromatic carbocycles. The quantitative estimate of drug-likeness (QED) is 0.718. The second kappa shape index (κ2) is 7.21. The summed E-state index contributed by atoms with van der Waals surface area (Å²) in [7, 11) is 0. The molecule has 1 unspecified atom stereocenters. The number of benzene rings is 2. The van der Waals surface area contributed by atoms with E-state index in [0.29, 0.717) is 17.5 Å². The van der Waals surface area contributed by atoms with Crippen molar-refractivity contribution in [2.45, 2.75) is 33.3 Å². The number of carbonyl (C=O) groups is 2. The first kappa shape index (κ1) is 18.9. The van der Waals surface area contributed by atoms with Gasteiger partial charge in [-0.25, -0.2) is 4.79 Å². The average molecular weight is 386 g/mol. The van der Waals surface area contributed by atoms with Crippen LogP contribution in [-0.2, 0) is 0 Å². The summed E-state index contributed by atoms with van der Waals surface area (Å²) >= 11 is 0. The van der Waals surface area contributed by atoms with Crippen molar-refractivity contribution in [3.8, 4) is 5.75 Å². The molecular formula is C25H22O4. The lowest BCUT2D eigenvalue weighted by Crippen LogP contribution is -2.25. The van der Waals surface area contributed by atoms with Crippen molar-refractivity contribution in [3.05, 3.63) is 93.6 Å². The molecule has 2 aromatic rings. The summed E-state index contributed by atoms with van der Waals surface area (Å²) in [6.45, 7) is 5.78. The van der Waals surface area contributed by atoms with E-state index in [9.17, 15) is 14.7 Å². The molecule has 4 heteroatoms. The highest BCUT2D eigenvalue weighted by atomic mass is 16.5. The Morgan fingerprint density at radius 3 is 2.52 bits per heavy atom. The summed E-state index contributed by atoms with van der Waals surface area (Å²) in [5.74, 6) is -0.395. The smallest absolute Gasteiger partial charge is 0.336 e. The van der Waals surface area contributed by atoms with E-state index in [0.717, 1.165) is 33.6 Å². The highest BCUT2D eigenvalue weighted by Crippen LogP contribution is 2.43. The van der Waals surface area contributed by atoms with Crippen molar-refractivity contribution in [1.29, 1.82) is 0 Å². The van der Waals surface area contributed by atoms with E-state index < -0.39 is 5.97 Å². The lowest BCUT2D eigenvalue weighted by molar-refractivity contribution is 0.0696. The molecule has 1 heterocycles. The van der Waals surface area contributed by atoms with Gasteiger partial charge in [-0.2, -0.15) is 0 Å². The third-order valence-electron chi connectivity index (χ3n) is 5.36. The van der Waals surface area contributed by atoms with Gasteiger partial charge in [0.2, 0.25) is 0 Å². The van der Waals surface area contributed by atoms with Crippen LogP contribution >= 0.6 is 0 Å². The minimum Gasteiger partial charge on any atom is -0.481 e. The summed E-state index contributed by atoms with van der Waals surface area (Å²) in [5, 5.41) is 9.91. The molecule has 0 saturated carbocycles. The van der Waals surface area contributed by atoms with Gasteiger partial charge in [-0.15, -0.1) is 0 Å². The summed E-state index contributed by atoms with van der Waals surface area (Å²) < 4.78 is 6.23. The number of fused-ring (bicyclic) bond motifs is 2. The third kappa shape index (κ3) is 3.31. The van der Waals surface area contributed by atoms with Crippen molar-refractivity contribution < 1.29 is 19.4 Å². The number of hydrogen-bond donors (Lipinski definition) is 1. The van der Waals surface area contributed by atoms with Gasteiger partial charge in [0.25, 0.3) is 0 Å². The number of allylic oxidation sites excluding steroid dienone is 2. The number of aromatic carboxylic acids is 1. The minimum atomic E-state index is -1.05. The predicted octanol–water partition coefficient (Wildman–Crippen LogP) is 5.36. The molecule has 0 bridgehead atoms. The lowest BCUT2D eigenvalue weighted by atomic mass is 9.82. The Balaban J connectivity index is 2.00. The van der Waals surface area contributed by atoms with Crippen molar-refractivity contribution in [3.63, 3.8) is 0 Å². The van der Waals surface area contributed by atoms with Gasteiger partial charge in [-0.05, 0) is 43.2 Å². The normalized spacial score (nSPS) is 17.2. The zero-order chi connectivity index (χ0) is 20.7. The Hall–Kier alpha value is -3.40. The molecule has 4 nitrogen and oxygen atoms in total. The van der Waals surface area contributed by atoms with Crippen LogP contribution in [0.3, 0.4) is 0 Å². The van der Waals surface area contributed by atoms with Gasteiger partial charge < -0.3 is 9.84 Å². The topological polar surface area (TPSA) is 63.6 Å². The summed E-state index contributed by atoms with van der Waals surface area (Å²) in [4.78, 5) is 24.2. The van der Waals surface area contributed by atoms with Gasteiger partial charge in [0.1, 0.15) is 11.9 Å². The Morgan fingerprint density at radius 1 is 1.03 bits per heavy atom. The zero-order valence-corrected chi connectivity index (χ0v) is 16.7. The molecule has 2 aliphatic rings. The van der Waals surface area contributed by atoms with Gasteiger partial charge in [0.05, 0.1) is 5.56 Å². The van der Waals surface area contributed by atoms with Crippen LogP contribution < -0.4 is 4.74 Å². The SMILES string of the molecule is CCC(=O)c1ccc(C2=C3C=CC(C)=CC3Oc3cc(C)ccc32)c(C(=O)O)c1. The number of carbonyl (C=O) groups excluding carboxylic acids is 1. The van der Waals surface area contributed by atoms with Gasteiger partial charge >= 0.3 is 5.97 Å². The van der Waals surface area contributed by atoms with Crippen LogP contribution in [0.2, 0.25) is 0 Å². The number of Topliss-reactive ketones (excluding diaryl/α,β-unsaturated/α-hetero) is 1. The number of hydrogen-bond acceptors (Lipinski definition) is 3. The van der Waals surface area contributed by atoms with E-state index in [1.54, 1.807) is 19.1 Å². The molecule has 0 spiro atoms. The summed E-state index contributed by atoms with van der Waals surface area (Å²) in [6.07, 6.45) is 6.09. The van der Waals surface area contributed by atoms with Crippen molar-refractivity contribution in [2.75, 3.05) is 0 Å². The van der Waals surface area contributed by atoms with Crippen LogP contribution in [0, 0.1) is 6.92 Å². The van der Waals surface area contributed by atoms with Gasteiger partial charge in [-0.3, -0.25) is 4.79 Å². The van der Waals surface area contributed by atoms with E-state index in [4.69, 9.17) is 4.74 Å². The number of ketones is 1. The number of rotatable bonds is 4. The fraction of sp³-hybridized carbons (Fsp3) is 0.200. The number of carboxylic acid groups (broad SMARTS) is 1. The molecule has 0 fully saturated rings. The maximum atomic E-state index is 12.1. The standard InChI is InChI=1S/C25H22O4/c1-4-21(26)16-7-10-17(20(13-16)25(27)28)24-18-8-5-14(2)11-22(18)29-23-12-15(3)6-9-19(23)24/h5-13,22H,4H2,1-3H3,(H,27,28). The van der Waals surface area contributed by atoms with Gasteiger partial charge in [0.15, 0.2) is 5.78 Å². The van der Waals surface area contributed by atoms with E-state index in [2.05, 4.69) is 0 Å². The van der Waals surface area contributed by atoms with Gasteiger partial charge in [-0.1, -0.05) is 48.9 Å². The lowest BCUT2D eigenvalue weighted by Gasteiger charge is -2.31. The van der Waals surface area contributed by atoms with Crippen LogP contribution in [0.5, 0.6) is 5.75 Å². The maximum Gasteiger partial charge on any atom is 0.336 e. The maximum absolute atomic E-state index is 12.1. The molecule has 29 heavy (non-hydrogen) atoms. The third-order valence-corrected chi connectivity index (χ3v) is 5.36. The van der Waals surface area contributed by atoms with Crippen molar-refractivity contribution >= 4 is 17.3 Å². The summed E-state index contributed by atoms with van der Waals surface area (Å²) in [5.41, 5.74) is 5.92. The van der Waals surface area contributed by atoms with Crippen LogP contribution in [0.15, 0.2) is 65.8 Å².